The van der Waals surface area contributed by atoms with E-state index in [0.717, 1.165) is 0 Å². The molecule has 7 nitrogen and oxygen atoms in total. The summed E-state index contributed by atoms with van der Waals surface area (Å²) in [5.41, 5.74) is 0.976. The first kappa shape index (κ1) is 16.3. The Labute approximate surface area is 139 Å². The molecule has 0 saturated carbocycles. The average molecular weight is 348 g/mol. The van der Waals surface area contributed by atoms with Gasteiger partial charge in [0, 0.05) is 7.11 Å². The molecular formula is C16H16N2O5S. The third kappa shape index (κ3) is 2.93. The van der Waals surface area contributed by atoms with Crippen LogP contribution in [0.25, 0.3) is 11.0 Å². The second-order valence-corrected chi connectivity index (χ2v) is 6.66. The highest BCUT2D eigenvalue weighted by Crippen LogP contribution is 2.33. The van der Waals surface area contributed by atoms with Gasteiger partial charge in [-0.3, -0.25) is 4.72 Å². The largest absolute Gasteiger partial charge is 0.496 e. The predicted octanol–water partition coefficient (Wildman–Crippen LogP) is 2.78. The first-order chi connectivity index (χ1) is 11.6. The minimum atomic E-state index is -3.86. The standard InChI is InChI=1S/C16H16N2O5S/c1-21-10-11-6-3-4-9-14(11)24(19,20)18-16-15-12(22-2)7-5-8-13(15)23-17-16/h3-9H,10H2,1-2H3,(H,17,18). The van der Waals surface area contributed by atoms with Gasteiger partial charge in [-0.15, -0.1) is 0 Å². The van der Waals surface area contributed by atoms with Crippen molar-refractivity contribution >= 4 is 26.8 Å². The SMILES string of the molecule is COCc1ccccc1S(=O)(=O)Nc1noc2cccc(OC)c12. The summed E-state index contributed by atoms with van der Waals surface area (Å²) in [6.07, 6.45) is 0. The summed E-state index contributed by atoms with van der Waals surface area (Å²) >= 11 is 0. The van der Waals surface area contributed by atoms with E-state index in [-0.39, 0.29) is 17.3 Å². The van der Waals surface area contributed by atoms with Crippen molar-refractivity contribution in [1.29, 1.82) is 0 Å². The van der Waals surface area contributed by atoms with Gasteiger partial charge in [0.15, 0.2) is 11.4 Å². The molecule has 0 unspecified atom stereocenters. The second-order valence-electron chi connectivity index (χ2n) is 5.01. The molecule has 0 spiro atoms. The van der Waals surface area contributed by atoms with Gasteiger partial charge in [0.2, 0.25) is 0 Å². The first-order valence-corrected chi connectivity index (χ1v) is 8.57. The van der Waals surface area contributed by atoms with Crippen molar-refractivity contribution in [3.8, 4) is 5.75 Å². The molecule has 2 aromatic carbocycles. The van der Waals surface area contributed by atoms with Crippen LogP contribution in [0.3, 0.4) is 0 Å². The molecule has 0 amide bonds. The molecule has 1 aromatic heterocycles. The number of sulfonamides is 1. The zero-order valence-electron chi connectivity index (χ0n) is 13.1. The number of rotatable bonds is 6. The normalized spacial score (nSPS) is 11.6. The van der Waals surface area contributed by atoms with Crippen molar-refractivity contribution < 1.29 is 22.4 Å². The number of nitrogens with one attached hydrogen (secondary N) is 1. The molecule has 8 heteroatoms. The van der Waals surface area contributed by atoms with Gasteiger partial charge < -0.3 is 14.0 Å². The summed E-state index contributed by atoms with van der Waals surface area (Å²) in [4.78, 5) is 0.123. The van der Waals surface area contributed by atoms with Crippen LogP contribution < -0.4 is 9.46 Å². The van der Waals surface area contributed by atoms with Crippen LogP contribution in [0.1, 0.15) is 5.56 Å². The van der Waals surface area contributed by atoms with Crippen molar-refractivity contribution in [3.63, 3.8) is 0 Å². The highest BCUT2D eigenvalue weighted by atomic mass is 32.2. The number of methoxy groups -OCH3 is 2. The van der Waals surface area contributed by atoms with Crippen LogP contribution in [0.2, 0.25) is 0 Å². The van der Waals surface area contributed by atoms with Crippen LogP contribution in [0.5, 0.6) is 5.75 Å². The summed E-state index contributed by atoms with van der Waals surface area (Å²) in [7, 11) is -0.860. The van der Waals surface area contributed by atoms with Crippen molar-refractivity contribution in [2.45, 2.75) is 11.5 Å². The third-order valence-corrected chi connectivity index (χ3v) is 4.91. The van der Waals surface area contributed by atoms with Gasteiger partial charge in [0.05, 0.1) is 18.6 Å². The number of nitrogens with zero attached hydrogens (tertiary/aromatic N) is 1. The predicted molar refractivity (Wildman–Crippen MR) is 88.5 cm³/mol. The van der Waals surface area contributed by atoms with Gasteiger partial charge in [-0.2, -0.15) is 0 Å². The first-order valence-electron chi connectivity index (χ1n) is 7.09. The summed E-state index contributed by atoms with van der Waals surface area (Å²) in [5, 5.41) is 4.28. The Morgan fingerprint density at radius 3 is 2.67 bits per heavy atom. The number of ether oxygens (including phenoxy) is 2. The van der Waals surface area contributed by atoms with Gasteiger partial charge >= 0.3 is 0 Å². The number of hydrogen-bond acceptors (Lipinski definition) is 6. The maximum atomic E-state index is 12.7. The van der Waals surface area contributed by atoms with Gasteiger partial charge in [0.1, 0.15) is 11.1 Å². The van der Waals surface area contributed by atoms with E-state index in [1.54, 1.807) is 36.4 Å². The number of hydrogen-bond donors (Lipinski definition) is 1. The smallest absolute Gasteiger partial charge is 0.263 e. The summed E-state index contributed by atoms with van der Waals surface area (Å²) in [6, 6.07) is 11.7. The Balaban J connectivity index is 2.05. The Morgan fingerprint density at radius 2 is 1.92 bits per heavy atom. The van der Waals surface area contributed by atoms with Gasteiger partial charge in [-0.1, -0.05) is 29.4 Å². The molecule has 0 aliphatic rings. The fourth-order valence-corrected chi connectivity index (χ4v) is 3.66. The molecule has 3 rings (SSSR count). The van der Waals surface area contributed by atoms with Crippen molar-refractivity contribution in [3.05, 3.63) is 48.0 Å². The van der Waals surface area contributed by atoms with E-state index in [2.05, 4.69) is 9.88 Å². The summed E-state index contributed by atoms with van der Waals surface area (Å²) in [5.74, 6) is 0.547. The summed E-state index contributed by atoms with van der Waals surface area (Å²) < 4.78 is 43.4. The molecule has 0 bridgehead atoms. The Bertz CT molecular complexity index is 966. The van der Waals surface area contributed by atoms with E-state index in [0.29, 0.717) is 22.3 Å². The Morgan fingerprint density at radius 1 is 1.12 bits per heavy atom. The minimum Gasteiger partial charge on any atom is -0.496 e. The van der Waals surface area contributed by atoms with E-state index >= 15 is 0 Å². The monoisotopic (exact) mass is 348 g/mol. The molecule has 0 aliphatic carbocycles. The third-order valence-electron chi connectivity index (χ3n) is 3.47. The minimum absolute atomic E-state index is 0.0784. The molecule has 1 N–H and O–H groups in total. The zero-order valence-corrected chi connectivity index (χ0v) is 14.0. The number of fused-ring (bicyclic) bond motifs is 1. The highest BCUT2D eigenvalue weighted by Gasteiger charge is 2.22. The molecule has 0 radical (unpaired) electrons. The Hall–Kier alpha value is -2.58. The number of benzene rings is 2. The van der Waals surface area contributed by atoms with E-state index in [4.69, 9.17) is 14.0 Å². The molecule has 1 heterocycles. The average Bonchev–Trinajstić information content (AvgIpc) is 2.98. The maximum absolute atomic E-state index is 12.7. The summed E-state index contributed by atoms with van der Waals surface area (Å²) in [6.45, 7) is 0.181. The molecule has 0 aliphatic heterocycles. The van der Waals surface area contributed by atoms with Crippen molar-refractivity contribution in [2.24, 2.45) is 0 Å². The lowest BCUT2D eigenvalue weighted by atomic mass is 10.2. The van der Waals surface area contributed by atoms with Gasteiger partial charge in [0.25, 0.3) is 10.0 Å². The number of anilines is 1. The second kappa shape index (κ2) is 6.50. The topological polar surface area (TPSA) is 90.7 Å². The van der Waals surface area contributed by atoms with E-state index < -0.39 is 10.0 Å². The molecular weight excluding hydrogens is 332 g/mol. The van der Waals surface area contributed by atoms with Gasteiger partial charge in [-0.25, -0.2) is 8.42 Å². The van der Waals surface area contributed by atoms with Crippen LogP contribution in [-0.4, -0.2) is 27.8 Å². The van der Waals surface area contributed by atoms with Crippen molar-refractivity contribution in [1.82, 2.24) is 5.16 Å². The number of aromatic nitrogens is 1. The lowest BCUT2D eigenvalue weighted by molar-refractivity contribution is 0.182. The molecule has 0 saturated heterocycles. The lowest BCUT2D eigenvalue weighted by Gasteiger charge is -2.10. The van der Waals surface area contributed by atoms with Crippen molar-refractivity contribution in [2.75, 3.05) is 18.9 Å². The van der Waals surface area contributed by atoms with Crippen LogP contribution >= 0.6 is 0 Å². The van der Waals surface area contributed by atoms with Gasteiger partial charge in [-0.05, 0) is 23.8 Å². The maximum Gasteiger partial charge on any atom is 0.263 e. The van der Waals surface area contributed by atoms with E-state index in [1.165, 1.54) is 20.3 Å². The van der Waals surface area contributed by atoms with E-state index in [1.807, 2.05) is 0 Å². The highest BCUT2D eigenvalue weighted by molar-refractivity contribution is 7.92. The molecule has 0 fully saturated rings. The fraction of sp³-hybridized carbons (Fsp3) is 0.188. The quantitative estimate of drug-likeness (QED) is 0.736. The van der Waals surface area contributed by atoms with Crippen LogP contribution in [0.15, 0.2) is 51.9 Å². The zero-order chi connectivity index (χ0) is 17.2. The molecule has 24 heavy (non-hydrogen) atoms. The van der Waals surface area contributed by atoms with E-state index in [9.17, 15) is 8.42 Å². The molecule has 0 atom stereocenters. The van der Waals surface area contributed by atoms with Crippen LogP contribution in [0.4, 0.5) is 5.82 Å². The van der Waals surface area contributed by atoms with Crippen LogP contribution in [0, 0.1) is 0 Å². The fourth-order valence-electron chi connectivity index (χ4n) is 2.42. The molecule has 3 aromatic rings. The molecule has 126 valence electrons. The lowest BCUT2D eigenvalue weighted by Crippen LogP contribution is -2.15. The Kier molecular flexibility index (Phi) is 4.41. The van der Waals surface area contributed by atoms with Crippen LogP contribution in [-0.2, 0) is 21.4 Å².